The molecule has 0 saturated carbocycles. The normalized spacial score (nSPS) is 12.2. The van der Waals surface area contributed by atoms with Gasteiger partial charge in [0, 0.05) is 22.3 Å². The molecule has 0 aliphatic heterocycles. The zero-order valence-electron chi connectivity index (χ0n) is 11.9. The molecule has 0 unspecified atom stereocenters. The fraction of sp³-hybridized carbons (Fsp3) is 0.143. The molecule has 0 fully saturated rings. The second kappa shape index (κ2) is 6.69. The van der Waals surface area contributed by atoms with E-state index in [4.69, 9.17) is 5.14 Å². The molecule has 3 N–H and O–H groups in total. The van der Waals surface area contributed by atoms with Crippen molar-refractivity contribution < 1.29 is 26.0 Å². The largest absolute Gasteiger partial charge is 0.417 e. The number of benzene rings is 2. The van der Waals surface area contributed by atoms with Crippen LogP contribution in [0.5, 0.6) is 0 Å². The first-order valence-corrected chi connectivity index (χ1v) is 8.74. The number of hydrogen-bond donors (Lipinski definition) is 2. The summed E-state index contributed by atoms with van der Waals surface area (Å²) in [5.74, 6) is -0.533. The molecule has 0 atom stereocenters. The van der Waals surface area contributed by atoms with Gasteiger partial charge in [0.25, 0.3) is 0 Å². The van der Waals surface area contributed by atoms with Crippen molar-refractivity contribution in [2.24, 2.45) is 5.14 Å². The standard InChI is InChI=1S/C14H11BrF4N2O2S/c15-9-2-1-8(12(16)5-9)7-21-10-3-4-13(24(20,22)23)11(6-10)14(17,18)19/h1-6,21H,7H2,(H2,20,22,23). The molecule has 0 amide bonds. The molecule has 10 heteroatoms. The summed E-state index contributed by atoms with van der Waals surface area (Å²) in [6, 6.07) is 6.80. The zero-order chi connectivity index (χ0) is 18.1. The van der Waals surface area contributed by atoms with Crippen LogP contribution in [0.1, 0.15) is 11.1 Å². The topological polar surface area (TPSA) is 72.2 Å². The number of rotatable bonds is 4. The van der Waals surface area contributed by atoms with E-state index >= 15 is 0 Å². The van der Waals surface area contributed by atoms with E-state index in [0.29, 0.717) is 10.5 Å². The molecule has 0 radical (unpaired) electrons. The Labute approximate surface area is 143 Å². The van der Waals surface area contributed by atoms with Crippen molar-refractivity contribution >= 4 is 31.6 Å². The second-order valence-electron chi connectivity index (χ2n) is 4.84. The van der Waals surface area contributed by atoms with Gasteiger partial charge in [-0.25, -0.2) is 17.9 Å². The Bertz CT molecular complexity index is 870. The van der Waals surface area contributed by atoms with E-state index in [0.717, 1.165) is 12.1 Å². The van der Waals surface area contributed by atoms with E-state index in [9.17, 15) is 26.0 Å². The fourth-order valence-electron chi connectivity index (χ4n) is 1.97. The van der Waals surface area contributed by atoms with Crippen LogP contribution >= 0.6 is 15.9 Å². The molecule has 2 rings (SSSR count). The summed E-state index contributed by atoms with van der Waals surface area (Å²) >= 11 is 3.10. The highest BCUT2D eigenvalue weighted by Gasteiger charge is 2.36. The lowest BCUT2D eigenvalue weighted by Gasteiger charge is -2.14. The number of hydrogen-bond acceptors (Lipinski definition) is 3. The number of anilines is 1. The van der Waals surface area contributed by atoms with Crippen molar-refractivity contribution in [3.05, 3.63) is 57.8 Å². The predicted octanol–water partition coefficient (Wildman–Crippen LogP) is 3.87. The minimum atomic E-state index is -4.90. The maximum atomic E-state index is 13.7. The van der Waals surface area contributed by atoms with Crippen molar-refractivity contribution in [3.8, 4) is 0 Å². The average molecular weight is 427 g/mol. The summed E-state index contributed by atoms with van der Waals surface area (Å²) in [4.78, 5) is -1.02. The van der Waals surface area contributed by atoms with Gasteiger partial charge in [-0.3, -0.25) is 0 Å². The van der Waals surface area contributed by atoms with Gasteiger partial charge in [-0.05, 0) is 30.3 Å². The van der Waals surface area contributed by atoms with Crippen LogP contribution < -0.4 is 10.5 Å². The monoisotopic (exact) mass is 426 g/mol. The van der Waals surface area contributed by atoms with Gasteiger partial charge >= 0.3 is 6.18 Å². The molecule has 0 aliphatic rings. The number of halogens is 5. The summed E-state index contributed by atoms with van der Waals surface area (Å²) in [5.41, 5.74) is -1.16. The number of nitrogens with two attached hydrogens (primary N) is 1. The maximum Gasteiger partial charge on any atom is 0.417 e. The van der Waals surface area contributed by atoms with Gasteiger partial charge in [0.1, 0.15) is 5.82 Å². The Morgan fingerprint density at radius 3 is 2.33 bits per heavy atom. The van der Waals surface area contributed by atoms with Crippen LogP contribution in [0.15, 0.2) is 45.8 Å². The lowest BCUT2D eigenvalue weighted by atomic mass is 10.1. The Kier molecular flexibility index (Phi) is 5.21. The quantitative estimate of drug-likeness (QED) is 0.728. The third-order valence-corrected chi connectivity index (χ3v) is 4.55. The van der Waals surface area contributed by atoms with E-state index in [1.807, 2.05) is 0 Å². The molecule has 0 heterocycles. The highest BCUT2D eigenvalue weighted by molar-refractivity contribution is 9.10. The van der Waals surface area contributed by atoms with Crippen LogP contribution in [-0.2, 0) is 22.7 Å². The molecule has 0 saturated heterocycles. The first kappa shape index (κ1) is 18.7. The molecule has 2 aromatic rings. The Balaban J connectivity index is 2.32. The van der Waals surface area contributed by atoms with E-state index in [1.165, 1.54) is 12.1 Å². The first-order valence-electron chi connectivity index (χ1n) is 6.40. The molecular weight excluding hydrogens is 416 g/mol. The van der Waals surface area contributed by atoms with Gasteiger partial charge in [-0.15, -0.1) is 0 Å². The van der Waals surface area contributed by atoms with E-state index in [1.54, 1.807) is 6.07 Å². The minimum Gasteiger partial charge on any atom is -0.381 e. The van der Waals surface area contributed by atoms with E-state index < -0.39 is 32.5 Å². The lowest BCUT2D eigenvalue weighted by molar-refractivity contribution is -0.139. The van der Waals surface area contributed by atoms with Crippen LogP contribution in [0.4, 0.5) is 23.2 Å². The molecular formula is C14H11BrF4N2O2S. The van der Waals surface area contributed by atoms with E-state index in [2.05, 4.69) is 21.2 Å². The van der Waals surface area contributed by atoms with Crippen molar-refractivity contribution in [3.63, 3.8) is 0 Å². The third-order valence-electron chi connectivity index (χ3n) is 3.09. The Morgan fingerprint density at radius 2 is 1.79 bits per heavy atom. The smallest absolute Gasteiger partial charge is 0.381 e. The van der Waals surface area contributed by atoms with Gasteiger partial charge in [0.2, 0.25) is 10.0 Å². The second-order valence-corrected chi connectivity index (χ2v) is 7.29. The molecule has 0 bridgehead atoms. The summed E-state index contributed by atoms with van der Waals surface area (Å²) in [5, 5.41) is 7.42. The molecule has 0 aliphatic carbocycles. The zero-order valence-corrected chi connectivity index (χ0v) is 14.3. The van der Waals surface area contributed by atoms with Crippen LogP contribution in [0.25, 0.3) is 0 Å². The summed E-state index contributed by atoms with van der Waals surface area (Å²) in [6.45, 7) is -0.0782. The summed E-state index contributed by atoms with van der Waals surface area (Å²) < 4.78 is 75.8. The number of primary sulfonamides is 1. The van der Waals surface area contributed by atoms with Crippen LogP contribution in [0.2, 0.25) is 0 Å². The third kappa shape index (κ3) is 4.46. The van der Waals surface area contributed by atoms with Gasteiger partial charge in [-0.2, -0.15) is 13.2 Å². The van der Waals surface area contributed by atoms with Crippen molar-refractivity contribution in [2.45, 2.75) is 17.6 Å². The van der Waals surface area contributed by atoms with Gasteiger partial charge in [0.05, 0.1) is 10.5 Å². The molecule has 0 aromatic heterocycles. The summed E-state index contributed by atoms with van der Waals surface area (Å²) in [6.07, 6.45) is -4.90. The average Bonchev–Trinajstić information content (AvgIpc) is 2.44. The van der Waals surface area contributed by atoms with Crippen molar-refractivity contribution in [1.82, 2.24) is 0 Å². The highest BCUT2D eigenvalue weighted by Crippen LogP contribution is 2.35. The highest BCUT2D eigenvalue weighted by atomic mass is 79.9. The van der Waals surface area contributed by atoms with Crippen LogP contribution in [0.3, 0.4) is 0 Å². The minimum absolute atomic E-state index is 0.0166. The molecule has 0 spiro atoms. The maximum absolute atomic E-state index is 13.7. The van der Waals surface area contributed by atoms with Gasteiger partial charge in [0.15, 0.2) is 0 Å². The van der Waals surface area contributed by atoms with Gasteiger partial charge in [-0.1, -0.05) is 22.0 Å². The van der Waals surface area contributed by atoms with E-state index in [-0.39, 0.29) is 17.8 Å². The fourth-order valence-corrected chi connectivity index (χ4v) is 3.04. The molecule has 4 nitrogen and oxygen atoms in total. The molecule has 2 aromatic carbocycles. The Morgan fingerprint density at radius 1 is 1.12 bits per heavy atom. The summed E-state index contributed by atoms with van der Waals surface area (Å²) in [7, 11) is -4.52. The molecule has 130 valence electrons. The van der Waals surface area contributed by atoms with Crippen molar-refractivity contribution in [2.75, 3.05) is 5.32 Å². The molecule has 24 heavy (non-hydrogen) atoms. The SMILES string of the molecule is NS(=O)(=O)c1ccc(NCc2ccc(Br)cc2F)cc1C(F)(F)F. The van der Waals surface area contributed by atoms with Gasteiger partial charge < -0.3 is 5.32 Å². The number of sulfonamides is 1. The number of nitrogens with one attached hydrogen (secondary N) is 1. The first-order chi connectivity index (χ1) is 11.0. The van der Waals surface area contributed by atoms with Crippen molar-refractivity contribution in [1.29, 1.82) is 0 Å². The Hall–Kier alpha value is -1.65. The van der Waals surface area contributed by atoms with Crippen LogP contribution in [-0.4, -0.2) is 8.42 Å². The number of alkyl halides is 3. The lowest BCUT2D eigenvalue weighted by Crippen LogP contribution is -2.19. The predicted molar refractivity (Wildman–Crippen MR) is 84.2 cm³/mol. The van der Waals surface area contributed by atoms with Crippen LogP contribution in [0, 0.1) is 5.82 Å².